The minimum atomic E-state index is -0.357. The van der Waals surface area contributed by atoms with Gasteiger partial charge in [0.2, 0.25) is 0 Å². The van der Waals surface area contributed by atoms with Crippen molar-refractivity contribution in [2.75, 3.05) is 18.5 Å². The molecule has 0 aliphatic rings. The summed E-state index contributed by atoms with van der Waals surface area (Å²) in [5.74, 6) is 0.604. The molecule has 0 aromatic heterocycles. The molecule has 31 heavy (non-hydrogen) atoms. The van der Waals surface area contributed by atoms with Crippen LogP contribution in [-0.4, -0.2) is 31.1 Å². The fourth-order valence-corrected chi connectivity index (χ4v) is 2.93. The van der Waals surface area contributed by atoms with Crippen molar-refractivity contribution >= 4 is 17.5 Å². The molecule has 0 atom stereocenters. The van der Waals surface area contributed by atoms with Gasteiger partial charge in [-0.05, 0) is 50.2 Å². The Morgan fingerprint density at radius 3 is 2.10 bits per heavy atom. The maximum atomic E-state index is 12.9. The number of hydrogen-bond donors (Lipinski definition) is 2. The number of para-hydroxylation sites is 3. The van der Waals surface area contributed by atoms with Gasteiger partial charge < -0.3 is 20.1 Å². The Hall–Kier alpha value is -3.80. The van der Waals surface area contributed by atoms with Crippen molar-refractivity contribution in [2.24, 2.45) is 0 Å². The second-order valence-electron chi connectivity index (χ2n) is 7.13. The molecule has 0 fully saturated rings. The third kappa shape index (κ3) is 6.34. The Labute approximate surface area is 182 Å². The maximum Gasteiger partial charge on any atom is 0.259 e. The zero-order valence-electron chi connectivity index (χ0n) is 17.6. The van der Waals surface area contributed by atoms with Crippen LogP contribution < -0.4 is 20.1 Å². The van der Waals surface area contributed by atoms with Gasteiger partial charge in [0.25, 0.3) is 11.8 Å². The Morgan fingerprint density at radius 2 is 1.35 bits per heavy atom. The molecule has 0 saturated heterocycles. The highest BCUT2D eigenvalue weighted by atomic mass is 16.5. The average molecular weight is 418 g/mol. The lowest BCUT2D eigenvalue weighted by molar-refractivity contribution is 0.0944. The van der Waals surface area contributed by atoms with E-state index in [1.807, 2.05) is 44.2 Å². The molecule has 0 aliphatic heterocycles. The second kappa shape index (κ2) is 10.8. The first-order valence-corrected chi connectivity index (χ1v) is 10.2. The fraction of sp³-hybridized carbons (Fsp3) is 0.200. The molecule has 6 heteroatoms. The molecular formula is C25H26N2O4. The van der Waals surface area contributed by atoms with Crippen molar-refractivity contribution in [3.8, 4) is 11.5 Å². The smallest absolute Gasteiger partial charge is 0.259 e. The molecule has 0 heterocycles. The molecular weight excluding hydrogens is 392 g/mol. The van der Waals surface area contributed by atoms with Crippen LogP contribution in [0.2, 0.25) is 0 Å². The van der Waals surface area contributed by atoms with Gasteiger partial charge in [-0.3, -0.25) is 9.59 Å². The number of nitrogens with one attached hydrogen (secondary N) is 2. The van der Waals surface area contributed by atoms with Gasteiger partial charge >= 0.3 is 0 Å². The predicted octanol–water partition coefficient (Wildman–Crippen LogP) is 4.53. The van der Waals surface area contributed by atoms with E-state index in [1.54, 1.807) is 48.5 Å². The third-order valence-corrected chi connectivity index (χ3v) is 4.32. The molecule has 0 unspecified atom stereocenters. The van der Waals surface area contributed by atoms with Crippen molar-refractivity contribution < 1.29 is 19.1 Å². The molecule has 0 aliphatic carbocycles. The Balaban J connectivity index is 1.66. The lowest BCUT2D eigenvalue weighted by Crippen LogP contribution is -2.31. The summed E-state index contributed by atoms with van der Waals surface area (Å²) in [6.45, 7) is 4.40. The maximum absolute atomic E-state index is 12.9. The number of hydrogen-bond acceptors (Lipinski definition) is 4. The molecule has 3 aromatic rings. The highest BCUT2D eigenvalue weighted by Crippen LogP contribution is 2.22. The Bertz CT molecular complexity index is 1020. The number of amides is 2. The summed E-state index contributed by atoms with van der Waals surface area (Å²) in [4.78, 5) is 25.4. The Kier molecular flexibility index (Phi) is 7.65. The molecule has 0 radical (unpaired) electrons. The summed E-state index contributed by atoms with van der Waals surface area (Å²) in [6, 6.07) is 23.3. The van der Waals surface area contributed by atoms with Gasteiger partial charge in [-0.1, -0.05) is 42.5 Å². The summed E-state index contributed by atoms with van der Waals surface area (Å²) in [5, 5.41) is 5.67. The lowest BCUT2D eigenvalue weighted by Gasteiger charge is -2.15. The molecule has 0 saturated carbocycles. The molecule has 2 amide bonds. The van der Waals surface area contributed by atoms with Crippen LogP contribution in [0.15, 0.2) is 78.9 Å². The number of anilines is 1. The average Bonchev–Trinajstić information content (AvgIpc) is 2.77. The van der Waals surface area contributed by atoms with E-state index >= 15 is 0 Å². The molecule has 6 nitrogen and oxygen atoms in total. The zero-order valence-corrected chi connectivity index (χ0v) is 17.6. The van der Waals surface area contributed by atoms with Crippen molar-refractivity contribution in [1.82, 2.24) is 5.32 Å². The standard InChI is InChI=1S/C25H26N2O4/c1-18(2)26-24(28)20-12-6-8-14-22(20)27-25(29)21-13-7-9-15-23(21)31-17-16-30-19-10-4-3-5-11-19/h3-15,18H,16-17H2,1-2H3,(H,26,28)(H,27,29). The minimum Gasteiger partial charge on any atom is -0.490 e. The molecule has 2 N–H and O–H groups in total. The zero-order chi connectivity index (χ0) is 22.1. The molecule has 3 rings (SSSR count). The van der Waals surface area contributed by atoms with Gasteiger partial charge in [0, 0.05) is 6.04 Å². The van der Waals surface area contributed by atoms with Crippen LogP contribution in [0.4, 0.5) is 5.69 Å². The van der Waals surface area contributed by atoms with E-state index in [-0.39, 0.29) is 24.5 Å². The minimum absolute atomic E-state index is 0.0107. The highest BCUT2D eigenvalue weighted by Gasteiger charge is 2.17. The van der Waals surface area contributed by atoms with Crippen LogP contribution in [0.3, 0.4) is 0 Å². The summed E-state index contributed by atoms with van der Waals surface area (Å²) in [5.41, 5.74) is 1.22. The molecule has 0 spiro atoms. The van der Waals surface area contributed by atoms with E-state index < -0.39 is 0 Å². The van der Waals surface area contributed by atoms with E-state index in [0.29, 0.717) is 29.2 Å². The van der Waals surface area contributed by atoms with E-state index in [0.717, 1.165) is 5.75 Å². The van der Waals surface area contributed by atoms with Crippen LogP contribution in [0.5, 0.6) is 11.5 Å². The van der Waals surface area contributed by atoms with Crippen LogP contribution >= 0.6 is 0 Å². The quantitative estimate of drug-likeness (QED) is 0.501. The van der Waals surface area contributed by atoms with Gasteiger partial charge in [0.1, 0.15) is 24.7 Å². The first-order valence-electron chi connectivity index (χ1n) is 10.2. The van der Waals surface area contributed by atoms with E-state index in [4.69, 9.17) is 9.47 Å². The van der Waals surface area contributed by atoms with Crippen LogP contribution in [0.25, 0.3) is 0 Å². The van der Waals surface area contributed by atoms with Gasteiger partial charge in [0.15, 0.2) is 0 Å². The largest absolute Gasteiger partial charge is 0.490 e. The number of rotatable bonds is 9. The highest BCUT2D eigenvalue weighted by molar-refractivity contribution is 6.10. The number of carbonyl (C=O) groups is 2. The molecule has 160 valence electrons. The van der Waals surface area contributed by atoms with Crippen molar-refractivity contribution in [1.29, 1.82) is 0 Å². The normalized spacial score (nSPS) is 10.4. The predicted molar refractivity (Wildman–Crippen MR) is 121 cm³/mol. The van der Waals surface area contributed by atoms with E-state index in [9.17, 15) is 9.59 Å². The van der Waals surface area contributed by atoms with Crippen LogP contribution in [0, 0.1) is 0 Å². The van der Waals surface area contributed by atoms with E-state index in [2.05, 4.69) is 10.6 Å². The summed E-state index contributed by atoms with van der Waals surface area (Å²) in [6.07, 6.45) is 0. The summed E-state index contributed by atoms with van der Waals surface area (Å²) < 4.78 is 11.4. The first-order chi connectivity index (χ1) is 15.0. The third-order valence-electron chi connectivity index (χ3n) is 4.32. The van der Waals surface area contributed by atoms with Crippen molar-refractivity contribution in [2.45, 2.75) is 19.9 Å². The molecule has 0 bridgehead atoms. The summed E-state index contributed by atoms with van der Waals surface area (Å²) >= 11 is 0. The van der Waals surface area contributed by atoms with Gasteiger partial charge in [-0.15, -0.1) is 0 Å². The SMILES string of the molecule is CC(C)NC(=O)c1ccccc1NC(=O)c1ccccc1OCCOc1ccccc1. The molecule has 3 aromatic carbocycles. The number of carbonyl (C=O) groups excluding carboxylic acids is 2. The number of benzene rings is 3. The number of ether oxygens (including phenoxy) is 2. The van der Waals surface area contributed by atoms with Gasteiger partial charge in [-0.25, -0.2) is 0 Å². The lowest BCUT2D eigenvalue weighted by atomic mass is 10.1. The van der Waals surface area contributed by atoms with Crippen molar-refractivity contribution in [3.05, 3.63) is 90.0 Å². The topological polar surface area (TPSA) is 76.7 Å². The first kappa shape index (κ1) is 21.9. The Morgan fingerprint density at radius 1 is 0.742 bits per heavy atom. The van der Waals surface area contributed by atoms with Crippen LogP contribution in [0.1, 0.15) is 34.6 Å². The van der Waals surface area contributed by atoms with Gasteiger partial charge in [-0.2, -0.15) is 0 Å². The monoisotopic (exact) mass is 418 g/mol. The van der Waals surface area contributed by atoms with E-state index in [1.165, 1.54) is 0 Å². The van der Waals surface area contributed by atoms with Gasteiger partial charge in [0.05, 0.1) is 16.8 Å². The van der Waals surface area contributed by atoms with Crippen molar-refractivity contribution in [3.63, 3.8) is 0 Å². The summed E-state index contributed by atoms with van der Waals surface area (Å²) in [7, 11) is 0. The van der Waals surface area contributed by atoms with Crippen LogP contribution in [-0.2, 0) is 0 Å². The fourth-order valence-electron chi connectivity index (χ4n) is 2.93. The second-order valence-corrected chi connectivity index (χ2v) is 7.13.